The largest absolute Gasteiger partial charge is 0.490 e. The van der Waals surface area contributed by atoms with Crippen LogP contribution in [0, 0.1) is 11.6 Å². The standard InChI is InChI=1S/C28H26F2N6O3S/c1-5-23(38)32-15(3)20-10-21(35-34-20)27-25(24-19(30)8-17(29)9-22(24)39-13-14(2)37)28-18(6-7-40-28)26(33-27)16-11-31-36(4)12-16/h5-12,14-15,37H,1,13H2,2-4H3,(H,32,38)(H,34,35)/t14-,15-/m1/s1. The van der Waals surface area contributed by atoms with Gasteiger partial charge in [-0.1, -0.05) is 6.58 Å². The Morgan fingerprint density at radius 1 is 1.27 bits per heavy atom. The van der Waals surface area contributed by atoms with Gasteiger partial charge < -0.3 is 15.2 Å². The van der Waals surface area contributed by atoms with Crippen LogP contribution < -0.4 is 10.1 Å². The van der Waals surface area contributed by atoms with Gasteiger partial charge >= 0.3 is 0 Å². The third kappa shape index (κ3) is 5.23. The van der Waals surface area contributed by atoms with E-state index < -0.39 is 23.8 Å². The summed E-state index contributed by atoms with van der Waals surface area (Å²) in [5.41, 5.74) is 2.96. The van der Waals surface area contributed by atoms with E-state index in [1.54, 1.807) is 30.9 Å². The van der Waals surface area contributed by atoms with Gasteiger partial charge in [-0.2, -0.15) is 10.2 Å². The van der Waals surface area contributed by atoms with Gasteiger partial charge in [0.25, 0.3) is 0 Å². The van der Waals surface area contributed by atoms with Crippen molar-refractivity contribution >= 4 is 27.3 Å². The Labute approximate surface area is 232 Å². The van der Waals surface area contributed by atoms with Crippen molar-refractivity contribution in [3.63, 3.8) is 0 Å². The number of aliphatic hydroxyl groups excluding tert-OH is 1. The average Bonchev–Trinajstić information content (AvgIpc) is 3.67. The quantitative estimate of drug-likeness (QED) is 0.213. The molecule has 3 N–H and O–H groups in total. The fraction of sp³-hybridized carbons (Fsp3) is 0.214. The maximum absolute atomic E-state index is 15.7. The maximum atomic E-state index is 15.7. The van der Waals surface area contributed by atoms with E-state index in [9.17, 15) is 14.3 Å². The van der Waals surface area contributed by atoms with Crippen LogP contribution in [0.5, 0.6) is 5.75 Å². The van der Waals surface area contributed by atoms with E-state index in [-0.39, 0.29) is 23.8 Å². The molecule has 4 aromatic heterocycles. The van der Waals surface area contributed by atoms with Crippen molar-refractivity contribution in [1.29, 1.82) is 0 Å². The number of amides is 1. The monoisotopic (exact) mass is 564 g/mol. The zero-order chi connectivity index (χ0) is 28.6. The number of carbonyl (C=O) groups excluding carboxylic acids is 1. The van der Waals surface area contributed by atoms with Crippen LogP contribution in [0.25, 0.3) is 43.9 Å². The highest BCUT2D eigenvalue weighted by molar-refractivity contribution is 7.18. The van der Waals surface area contributed by atoms with Crippen LogP contribution in [0.1, 0.15) is 25.6 Å². The number of pyridine rings is 1. The SMILES string of the molecule is C=CC(=O)N[C@H](C)c1cc(-c2nc(-c3cnn(C)c3)c3ccsc3c2-c2c(F)cc(F)cc2OC[C@@H](C)O)n[nH]1. The third-order valence-corrected chi connectivity index (χ3v) is 7.12. The number of aromatic nitrogens is 5. The Hall–Kier alpha value is -4.42. The number of aryl methyl sites for hydroxylation is 1. The first-order valence-electron chi connectivity index (χ1n) is 12.3. The van der Waals surface area contributed by atoms with Gasteiger partial charge in [0.2, 0.25) is 5.91 Å². The van der Waals surface area contributed by atoms with Crippen molar-refractivity contribution in [3.05, 3.63) is 72.0 Å². The second kappa shape index (κ2) is 11.0. The Balaban J connectivity index is 1.79. The minimum absolute atomic E-state index is 0.00713. The predicted molar refractivity (Wildman–Crippen MR) is 149 cm³/mol. The van der Waals surface area contributed by atoms with Gasteiger partial charge in [0, 0.05) is 46.6 Å². The highest BCUT2D eigenvalue weighted by Gasteiger charge is 2.27. The number of benzene rings is 1. The fourth-order valence-corrected chi connectivity index (χ4v) is 5.30. The predicted octanol–water partition coefficient (Wildman–Crippen LogP) is 5.15. The molecule has 0 radical (unpaired) electrons. The third-order valence-electron chi connectivity index (χ3n) is 6.19. The van der Waals surface area contributed by atoms with Crippen LogP contribution in [0.2, 0.25) is 0 Å². The number of aliphatic hydroxyl groups is 1. The number of carbonyl (C=O) groups is 1. The highest BCUT2D eigenvalue weighted by Crippen LogP contribution is 2.47. The molecule has 0 unspecified atom stereocenters. The molecule has 9 nitrogen and oxygen atoms in total. The molecule has 0 fully saturated rings. The molecule has 2 atom stereocenters. The number of hydrogen-bond donors (Lipinski definition) is 3. The van der Waals surface area contributed by atoms with E-state index in [4.69, 9.17) is 9.72 Å². The summed E-state index contributed by atoms with van der Waals surface area (Å²) in [6, 6.07) is 5.02. The number of rotatable bonds is 9. The number of fused-ring (bicyclic) bond motifs is 1. The smallest absolute Gasteiger partial charge is 0.243 e. The van der Waals surface area contributed by atoms with Crippen LogP contribution in [0.15, 0.2) is 54.7 Å². The first kappa shape index (κ1) is 27.2. The number of aromatic amines is 1. The lowest BCUT2D eigenvalue weighted by atomic mass is 9.97. The molecule has 0 saturated carbocycles. The number of halogens is 2. The summed E-state index contributed by atoms with van der Waals surface area (Å²) >= 11 is 1.37. The minimum atomic E-state index is -0.868. The van der Waals surface area contributed by atoms with E-state index in [1.165, 1.54) is 24.3 Å². The highest BCUT2D eigenvalue weighted by atomic mass is 32.1. The summed E-state index contributed by atoms with van der Waals surface area (Å²) in [4.78, 5) is 16.8. The fourth-order valence-electron chi connectivity index (χ4n) is 4.35. The molecule has 12 heteroatoms. The number of ether oxygens (including phenoxy) is 1. The van der Waals surface area contributed by atoms with Crippen LogP contribution in [0.3, 0.4) is 0 Å². The zero-order valence-electron chi connectivity index (χ0n) is 21.9. The van der Waals surface area contributed by atoms with Crippen LogP contribution >= 0.6 is 11.3 Å². The van der Waals surface area contributed by atoms with E-state index >= 15 is 4.39 Å². The summed E-state index contributed by atoms with van der Waals surface area (Å²) in [7, 11) is 1.79. The molecule has 40 heavy (non-hydrogen) atoms. The van der Waals surface area contributed by atoms with Crippen molar-refractivity contribution in [2.45, 2.75) is 26.0 Å². The van der Waals surface area contributed by atoms with E-state index in [2.05, 4.69) is 27.2 Å². The summed E-state index contributed by atoms with van der Waals surface area (Å²) in [5, 5.41) is 26.8. The molecule has 0 bridgehead atoms. The lowest BCUT2D eigenvalue weighted by Gasteiger charge is -2.17. The molecule has 5 aromatic rings. The molecule has 4 heterocycles. The summed E-state index contributed by atoms with van der Waals surface area (Å²) < 4.78 is 38.1. The van der Waals surface area contributed by atoms with Crippen LogP contribution in [-0.2, 0) is 11.8 Å². The number of hydrogen-bond acceptors (Lipinski definition) is 7. The summed E-state index contributed by atoms with van der Waals surface area (Å²) in [5.74, 6) is -2.10. The Morgan fingerprint density at radius 2 is 2.08 bits per heavy atom. The lowest BCUT2D eigenvalue weighted by Crippen LogP contribution is -2.24. The molecule has 1 aromatic carbocycles. The number of nitrogens with one attached hydrogen (secondary N) is 2. The van der Waals surface area contributed by atoms with Crippen molar-refractivity contribution < 1.29 is 23.4 Å². The Kier molecular flexibility index (Phi) is 7.46. The molecule has 206 valence electrons. The van der Waals surface area contributed by atoms with Gasteiger partial charge in [-0.3, -0.25) is 14.6 Å². The molecular formula is C28H26F2N6O3S. The van der Waals surface area contributed by atoms with Gasteiger partial charge in [-0.25, -0.2) is 13.8 Å². The van der Waals surface area contributed by atoms with E-state index in [0.717, 1.165) is 23.1 Å². The van der Waals surface area contributed by atoms with Gasteiger partial charge in [0.15, 0.2) is 0 Å². The molecule has 5 rings (SSSR count). The summed E-state index contributed by atoms with van der Waals surface area (Å²) in [6.07, 6.45) is 3.81. The topological polar surface area (TPSA) is 118 Å². The molecule has 0 aliphatic heterocycles. The van der Waals surface area contributed by atoms with E-state index in [0.29, 0.717) is 33.0 Å². The molecule has 0 aliphatic carbocycles. The molecule has 0 saturated heterocycles. The zero-order valence-corrected chi connectivity index (χ0v) is 22.7. The molecular weight excluding hydrogens is 538 g/mol. The molecule has 0 aliphatic rings. The van der Waals surface area contributed by atoms with Gasteiger partial charge in [-0.15, -0.1) is 11.3 Å². The first-order chi connectivity index (χ1) is 19.2. The number of H-pyrrole nitrogens is 1. The first-order valence-corrected chi connectivity index (χ1v) is 13.2. The normalized spacial score (nSPS) is 12.8. The minimum Gasteiger partial charge on any atom is -0.490 e. The van der Waals surface area contributed by atoms with Crippen LogP contribution in [0.4, 0.5) is 8.78 Å². The molecule has 1 amide bonds. The van der Waals surface area contributed by atoms with Gasteiger partial charge in [-0.05, 0) is 37.4 Å². The van der Waals surface area contributed by atoms with Gasteiger partial charge in [0.05, 0.1) is 35.3 Å². The van der Waals surface area contributed by atoms with E-state index in [1.807, 2.05) is 17.6 Å². The second-order valence-electron chi connectivity index (χ2n) is 9.31. The van der Waals surface area contributed by atoms with Crippen LogP contribution in [-0.4, -0.2) is 48.7 Å². The number of thiophene rings is 1. The summed E-state index contributed by atoms with van der Waals surface area (Å²) in [6.45, 7) is 6.59. The van der Waals surface area contributed by atoms with Crippen molar-refractivity contribution in [3.8, 4) is 39.5 Å². The molecule has 0 spiro atoms. The maximum Gasteiger partial charge on any atom is 0.243 e. The Morgan fingerprint density at radius 3 is 2.77 bits per heavy atom. The Bertz CT molecular complexity index is 1720. The van der Waals surface area contributed by atoms with Crippen molar-refractivity contribution in [1.82, 2.24) is 30.3 Å². The second-order valence-corrected chi connectivity index (χ2v) is 10.2. The average molecular weight is 565 g/mol. The van der Waals surface area contributed by atoms with Crippen molar-refractivity contribution in [2.75, 3.05) is 6.61 Å². The lowest BCUT2D eigenvalue weighted by molar-refractivity contribution is -0.117. The number of nitrogens with zero attached hydrogens (tertiary/aromatic N) is 4. The van der Waals surface area contributed by atoms with Crippen molar-refractivity contribution in [2.24, 2.45) is 7.05 Å². The van der Waals surface area contributed by atoms with Gasteiger partial charge in [0.1, 0.15) is 35.4 Å².